The van der Waals surface area contributed by atoms with Gasteiger partial charge in [-0.3, -0.25) is 106 Å². The van der Waals surface area contributed by atoms with Gasteiger partial charge in [-0.2, -0.15) is 10.5 Å². The van der Waals surface area contributed by atoms with Crippen LogP contribution in [0.1, 0.15) is 104 Å². The van der Waals surface area contributed by atoms with Crippen molar-refractivity contribution in [1.82, 2.24) is 90.9 Å². The minimum Gasteiger partial charge on any atom is -0.494 e. The lowest BCUT2D eigenvalue weighted by Gasteiger charge is -2.35. The molecular formula is C89H122F4N20O23. The maximum Gasteiger partial charge on any atom is 0.317 e. The fourth-order valence-electron chi connectivity index (χ4n) is 16.4. The number of nitrogens with zero attached hydrogens (tertiary/aromatic N) is 14. The topological polar surface area (TPSA) is 522 Å². The summed E-state index contributed by atoms with van der Waals surface area (Å²) in [5, 5.41) is 55.0. The third kappa shape index (κ3) is 35.5. The Morgan fingerprint density at radius 2 is 0.993 bits per heavy atom. The third-order valence-corrected chi connectivity index (χ3v) is 23.8. The summed E-state index contributed by atoms with van der Waals surface area (Å²) in [6, 6.07) is 12.0. The molecule has 5 aliphatic rings. The fraction of sp³-hybridized carbons (Fsp3) is 0.618. The summed E-state index contributed by atoms with van der Waals surface area (Å²) < 4.78 is 95.4. The van der Waals surface area contributed by atoms with Gasteiger partial charge in [0.15, 0.2) is 6.23 Å². The van der Waals surface area contributed by atoms with E-state index in [4.69, 9.17) is 33.2 Å². The summed E-state index contributed by atoms with van der Waals surface area (Å²) in [6.45, 7) is 1.86. The number of carbonyl (C=O) groups is 14. The number of amides is 10. The monoisotopic (exact) mass is 1910 g/mol. The Hall–Kier alpha value is -12.2. The van der Waals surface area contributed by atoms with Crippen LogP contribution in [-0.4, -0.2) is 426 Å². The number of alkyl halides is 4. The lowest BCUT2D eigenvalue weighted by molar-refractivity contribution is -0.147. The number of hydrogen-bond acceptors (Lipinski definition) is 31. The van der Waals surface area contributed by atoms with Crippen molar-refractivity contribution in [3.8, 4) is 23.6 Å². The number of benzene rings is 2. The van der Waals surface area contributed by atoms with Crippen LogP contribution in [0, 0.1) is 22.7 Å². The first-order valence-electron chi connectivity index (χ1n) is 45.3. The van der Waals surface area contributed by atoms with Gasteiger partial charge in [-0.05, 0) is 108 Å². The van der Waals surface area contributed by atoms with Gasteiger partial charge >= 0.3 is 11.9 Å². The van der Waals surface area contributed by atoms with E-state index in [-0.39, 0.29) is 237 Å². The number of ether oxygens (including phenoxy) is 7. The molecule has 43 nitrogen and oxygen atoms in total. The van der Waals surface area contributed by atoms with Crippen LogP contribution in [0.2, 0.25) is 0 Å². The number of rotatable bonds is 54. The van der Waals surface area contributed by atoms with Gasteiger partial charge in [-0.25, -0.2) is 17.6 Å². The Morgan fingerprint density at radius 1 is 0.522 bits per heavy atom. The summed E-state index contributed by atoms with van der Waals surface area (Å²) in [4.78, 5) is 204. The van der Waals surface area contributed by atoms with Crippen molar-refractivity contribution in [3.63, 3.8) is 0 Å². The van der Waals surface area contributed by atoms with Crippen molar-refractivity contribution in [2.45, 2.75) is 132 Å². The number of hydrogen-bond donors (Lipinski definition) is 8. The molecule has 2 aromatic heterocycles. The highest BCUT2D eigenvalue weighted by Crippen LogP contribution is 2.34. The predicted octanol–water partition coefficient (Wildman–Crippen LogP) is -0.300. The Kier molecular flexibility index (Phi) is 43.5. The quantitative estimate of drug-likeness (QED) is 0.0160. The second-order valence-electron chi connectivity index (χ2n) is 33.8. The van der Waals surface area contributed by atoms with Crippen LogP contribution in [0.15, 0.2) is 60.9 Å². The Balaban J connectivity index is 0.686. The first-order valence-corrected chi connectivity index (χ1v) is 45.3. The van der Waals surface area contributed by atoms with Crippen molar-refractivity contribution in [1.29, 1.82) is 10.5 Å². The van der Waals surface area contributed by atoms with Gasteiger partial charge in [-0.1, -0.05) is 0 Å². The Labute approximate surface area is 783 Å². The molecule has 136 heavy (non-hydrogen) atoms. The van der Waals surface area contributed by atoms with Crippen molar-refractivity contribution < 1.29 is 128 Å². The zero-order valence-corrected chi connectivity index (χ0v) is 76.5. The highest BCUT2D eigenvalue weighted by molar-refractivity contribution is 6.08. The van der Waals surface area contributed by atoms with E-state index in [1.54, 1.807) is 92.0 Å². The highest BCUT2D eigenvalue weighted by Gasteiger charge is 2.49. The second-order valence-corrected chi connectivity index (χ2v) is 33.8. The van der Waals surface area contributed by atoms with Gasteiger partial charge in [0.2, 0.25) is 47.3 Å². The smallest absolute Gasteiger partial charge is 0.317 e. The average molecular weight is 1920 g/mol. The lowest BCUT2D eigenvalue weighted by atomic mass is 10.1. The van der Waals surface area contributed by atoms with Gasteiger partial charge in [0.25, 0.3) is 36.6 Å². The molecule has 7 heterocycles. The SMILES string of the molecule is CN(CC(=O)NCCCCOc1ccc2nccc(C(=O)NCC(=O)N3CC(F)(F)C[C@@H]3C#N)c2c1)[C@@H]1CCN(C(=O)CC[C@H](NC(=O)CCOCCOCCOCCNC(=O)CCC(OC=O)N2CCN(COC=O)CCN(CC(=O)O)CCN(CC(=O)O)CC2)C(=O)N2CC[C@@H](N(C)CC(=O)NCCCCOc3ccc4nccc(C(=O)NCC(=O)N5CC(F)(F)C[C@H]5C#N)c4c3)C2)C1. The molecule has 10 amide bonds. The Morgan fingerprint density at radius 3 is 1.49 bits per heavy atom. The van der Waals surface area contributed by atoms with Gasteiger partial charge in [0, 0.05) is 172 Å². The van der Waals surface area contributed by atoms with Crippen LogP contribution in [0.4, 0.5) is 17.6 Å². The molecule has 0 aliphatic carbocycles. The number of unbranched alkanes of at least 4 members (excludes halogenated alkanes) is 2. The molecule has 0 spiro atoms. The molecule has 0 bridgehead atoms. The number of likely N-dealkylation sites (tertiary alicyclic amines) is 4. The van der Waals surface area contributed by atoms with E-state index >= 15 is 0 Å². The van der Waals surface area contributed by atoms with Crippen LogP contribution in [0.25, 0.3) is 21.8 Å². The van der Waals surface area contributed by atoms with Crippen LogP contribution < -0.4 is 41.4 Å². The predicted molar refractivity (Wildman–Crippen MR) is 475 cm³/mol. The number of nitriles is 2. The zero-order valence-electron chi connectivity index (χ0n) is 76.5. The molecular weight excluding hydrogens is 1790 g/mol. The average Bonchev–Trinajstić information content (AvgIpc) is 1.77. The molecule has 47 heteroatoms. The largest absolute Gasteiger partial charge is 0.494 e. The van der Waals surface area contributed by atoms with Crippen LogP contribution in [-0.2, 0) is 81.2 Å². The van der Waals surface area contributed by atoms with E-state index in [2.05, 4.69) is 41.9 Å². The Bertz CT molecular complexity index is 4810. The van der Waals surface area contributed by atoms with Crippen LogP contribution >= 0.6 is 0 Å². The zero-order chi connectivity index (χ0) is 98.1. The summed E-state index contributed by atoms with van der Waals surface area (Å²) in [6.07, 6.45) is 3.28. The van der Waals surface area contributed by atoms with Gasteiger partial charge in [-0.15, -0.1) is 0 Å². The molecule has 0 saturated carbocycles. The van der Waals surface area contributed by atoms with E-state index in [1.807, 2.05) is 9.80 Å². The molecule has 1 unspecified atom stereocenters. The fourth-order valence-corrected chi connectivity index (χ4v) is 16.4. The summed E-state index contributed by atoms with van der Waals surface area (Å²) in [5.41, 5.74) is 1.22. The van der Waals surface area contributed by atoms with Crippen LogP contribution in [0.3, 0.4) is 0 Å². The van der Waals surface area contributed by atoms with E-state index in [1.165, 1.54) is 24.5 Å². The second kappa shape index (κ2) is 55.1. The highest BCUT2D eigenvalue weighted by atomic mass is 19.3. The summed E-state index contributed by atoms with van der Waals surface area (Å²) >= 11 is 0. The minimum atomic E-state index is -3.22. The molecule has 6 atom stereocenters. The van der Waals surface area contributed by atoms with Crippen molar-refractivity contribution in [2.24, 2.45) is 0 Å². The van der Waals surface area contributed by atoms with E-state index in [9.17, 15) is 105 Å². The van der Waals surface area contributed by atoms with Crippen molar-refractivity contribution >= 4 is 106 Å². The molecule has 5 saturated heterocycles. The van der Waals surface area contributed by atoms with Crippen molar-refractivity contribution in [2.75, 3.05) is 224 Å². The number of aromatic nitrogens is 2. The van der Waals surface area contributed by atoms with E-state index in [0.29, 0.717) is 111 Å². The molecule has 0 radical (unpaired) electrons. The van der Waals surface area contributed by atoms with Crippen molar-refractivity contribution in [3.05, 3.63) is 72.1 Å². The summed E-state index contributed by atoms with van der Waals surface area (Å²) in [7, 11) is 3.56. The van der Waals surface area contributed by atoms with E-state index in [0.717, 1.165) is 9.80 Å². The number of likely N-dealkylation sites (N-methyl/N-ethyl adjacent to an activating group) is 2. The van der Waals surface area contributed by atoms with Gasteiger partial charge in [0.1, 0.15) is 36.4 Å². The van der Waals surface area contributed by atoms with Gasteiger partial charge < -0.3 is 94.9 Å². The number of halogens is 4. The molecule has 744 valence electrons. The standard InChI is InChI=1S/C89H122F4N20O23/c1-104(53-77(118)98-20-3-5-35-134-66-7-9-72-70(43-66)68(15-22-96-72)85(127)101-49-80(121)112-57-88(90,91)45-64(112)47-94)62-17-25-110(51-62)79(120)13-11-74(87(129)111-26-18-63(52-111)105(2)54-78(119)99-21-4-6-36-135-67-8-10-73-71(44-67)69(16-23-97-73)86(128)102-50-81(122)113-58-89(92,93)46-65(113)48-95)103-76(117)19-37-130-39-41-132-42-40-131-38-24-100-75(116)12-14-82(136-61-115)109-33-31-107(56-84(125)126)28-27-106(55-83(123)124)29-30-108(32-34-109)59-133-60-114/h7-10,15-16,22-23,43-44,60-65,74,82H,3-6,11-14,17-21,24-42,45-46,49-59H2,1-2H3,(H,98,118)(H,99,119)(H,100,116)(H,101,127)(H,102,128)(H,103,117)(H,123,124)(H,125,126)/t62-,63-,64-,65+,74+,82?/m1/s1. The number of nitrogens with one attached hydrogen (secondary N) is 6. The van der Waals surface area contributed by atoms with Gasteiger partial charge in [0.05, 0.1) is 140 Å². The minimum absolute atomic E-state index is 0.000970. The lowest BCUT2D eigenvalue weighted by Crippen LogP contribution is -2.50. The third-order valence-electron chi connectivity index (χ3n) is 23.8. The first kappa shape index (κ1) is 107. The molecule has 5 fully saturated rings. The normalized spacial score (nSPS) is 18.8. The number of carboxylic acid groups (broad SMARTS) is 2. The van der Waals surface area contributed by atoms with Crippen LogP contribution in [0.5, 0.6) is 11.5 Å². The molecule has 2 aromatic carbocycles. The maximum atomic E-state index is 14.6. The number of fused-ring (bicyclic) bond motifs is 2. The van der Waals surface area contributed by atoms with E-state index < -0.39 is 123 Å². The molecule has 4 aromatic rings. The molecule has 8 N–H and O–H groups in total. The number of pyridine rings is 2. The molecule has 9 rings (SSSR count). The maximum absolute atomic E-state index is 14.6. The first-order chi connectivity index (χ1) is 65.3. The number of aliphatic carboxylic acids is 2. The molecule has 5 aliphatic heterocycles. The number of carboxylic acids is 2. The number of carbonyl (C=O) groups excluding carboxylic acids is 12. The summed E-state index contributed by atoms with van der Waals surface area (Å²) in [5.74, 6) is -12.8.